The van der Waals surface area contributed by atoms with Gasteiger partial charge >= 0.3 is 0 Å². The summed E-state index contributed by atoms with van der Waals surface area (Å²) in [6, 6.07) is 0.417. The van der Waals surface area contributed by atoms with Gasteiger partial charge in [-0.25, -0.2) is 0 Å². The topological polar surface area (TPSA) is 12.0 Å². The second kappa shape index (κ2) is 6.30. The smallest absolute Gasteiger partial charge is 0.0374 e. The highest BCUT2D eigenvalue weighted by Crippen LogP contribution is 2.39. The van der Waals surface area contributed by atoms with Crippen LogP contribution in [0.3, 0.4) is 0 Å². The van der Waals surface area contributed by atoms with Crippen molar-refractivity contribution in [3.05, 3.63) is 33.4 Å². The maximum Gasteiger partial charge on any atom is 0.0374 e. The Kier molecular flexibility index (Phi) is 5.43. The van der Waals surface area contributed by atoms with Gasteiger partial charge in [-0.15, -0.1) is 0 Å². The van der Waals surface area contributed by atoms with E-state index in [0.29, 0.717) is 6.04 Å². The summed E-state index contributed by atoms with van der Waals surface area (Å²) in [5.41, 5.74) is 9.03. The van der Waals surface area contributed by atoms with Crippen LogP contribution in [0.2, 0.25) is 0 Å². The molecule has 1 nitrogen and oxygen atoms in total. The van der Waals surface area contributed by atoms with E-state index in [2.05, 4.69) is 67.6 Å². The fraction of sp³-hybridized carbons (Fsp3) is 0.684. The molecule has 0 saturated carbocycles. The van der Waals surface area contributed by atoms with E-state index < -0.39 is 0 Å². The number of hydrogen-bond acceptors (Lipinski definition) is 1. The maximum atomic E-state index is 3.78. The zero-order valence-electron chi connectivity index (χ0n) is 15.0. The van der Waals surface area contributed by atoms with Gasteiger partial charge in [-0.05, 0) is 86.4 Å². The first-order chi connectivity index (χ1) is 9.12. The zero-order chi connectivity index (χ0) is 15.7. The van der Waals surface area contributed by atoms with Crippen LogP contribution in [0.5, 0.6) is 0 Å². The van der Waals surface area contributed by atoms with Gasteiger partial charge in [0.15, 0.2) is 0 Å². The molecule has 0 heterocycles. The fourth-order valence-corrected chi connectivity index (χ4v) is 3.09. The Morgan fingerprint density at radius 2 is 1.20 bits per heavy atom. The van der Waals surface area contributed by atoms with E-state index in [-0.39, 0.29) is 5.41 Å². The van der Waals surface area contributed by atoms with Crippen molar-refractivity contribution in [3.63, 3.8) is 0 Å². The average Bonchev–Trinajstić information content (AvgIpc) is 2.36. The highest BCUT2D eigenvalue weighted by atomic mass is 14.9. The number of benzene rings is 1. The van der Waals surface area contributed by atoms with Gasteiger partial charge in [-0.2, -0.15) is 0 Å². The van der Waals surface area contributed by atoms with Gasteiger partial charge in [0.05, 0.1) is 0 Å². The van der Waals surface area contributed by atoms with Crippen molar-refractivity contribution in [1.82, 2.24) is 5.32 Å². The van der Waals surface area contributed by atoms with Crippen molar-refractivity contribution < 1.29 is 0 Å². The van der Waals surface area contributed by atoms with Gasteiger partial charge in [0.1, 0.15) is 0 Å². The number of rotatable bonds is 4. The van der Waals surface area contributed by atoms with E-state index in [1.165, 1.54) is 39.8 Å². The van der Waals surface area contributed by atoms with Gasteiger partial charge in [0.25, 0.3) is 0 Å². The molecule has 0 bridgehead atoms. The molecule has 1 atom stereocenters. The van der Waals surface area contributed by atoms with E-state index in [0.717, 1.165) is 6.54 Å². The first kappa shape index (κ1) is 17.2. The van der Waals surface area contributed by atoms with E-state index in [1.807, 2.05) is 0 Å². The molecule has 1 N–H and O–H groups in total. The molecule has 1 rings (SSSR count). The molecule has 0 aromatic heterocycles. The molecule has 1 heteroatoms. The van der Waals surface area contributed by atoms with Crippen molar-refractivity contribution in [3.8, 4) is 0 Å². The van der Waals surface area contributed by atoms with Crippen molar-refractivity contribution >= 4 is 0 Å². The summed E-state index contributed by atoms with van der Waals surface area (Å²) in [4.78, 5) is 0. The molecule has 0 spiro atoms. The Bertz CT molecular complexity index is 449. The quantitative estimate of drug-likeness (QED) is 0.784. The lowest BCUT2D eigenvalue weighted by Crippen LogP contribution is -2.34. The molecule has 20 heavy (non-hydrogen) atoms. The van der Waals surface area contributed by atoms with Crippen molar-refractivity contribution in [2.75, 3.05) is 6.54 Å². The van der Waals surface area contributed by atoms with E-state index >= 15 is 0 Å². The molecule has 0 aliphatic heterocycles. The van der Waals surface area contributed by atoms with Gasteiger partial charge in [0.2, 0.25) is 0 Å². The van der Waals surface area contributed by atoms with E-state index in [9.17, 15) is 0 Å². The summed E-state index contributed by atoms with van der Waals surface area (Å²) in [5, 5.41) is 3.78. The summed E-state index contributed by atoms with van der Waals surface area (Å²) >= 11 is 0. The molecule has 1 aromatic rings. The van der Waals surface area contributed by atoms with E-state index in [1.54, 1.807) is 0 Å². The summed E-state index contributed by atoms with van der Waals surface area (Å²) in [6.45, 7) is 21.7. The van der Waals surface area contributed by atoms with Gasteiger partial charge in [-0.1, -0.05) is 27.7 Å². The largest absolute Gasteiger partial charge is 0.309 e. The minimum Gasteiger partial charge on any atom is -0.309 e. The molecular weight excluding hydrogens is 242 g/mol. The number of nitrogens with one attached hydrogen (secondary N) is 1. The van der Waals surface area contributed by atoms with Crippen LogP contribution < -0.4 is 5.32 Å². The summed E-state index contributed by atoms with van der Waals surface area (Å²) in [6.07, 6.45) is 1.18. The minimum atomic E-state index is 0.221. The zero-order valence-corrected chi connectivity index (χ0v) is 15.0. The van der Waals surface area contributed by atoms with Crippen LogP contribution in [0.1, 0.15) is 73.5 Å². The van der Waals surface area contributed by atoms with Gasteiger partial charge in [-0.3, -0.25) is 0 Å². The highest BCUT2D eigenvalue weighted by molar-refractivity contribution is 5.51. The first-order valence-corrected chi connectivity index (χ1v) is 7.93. The molecule has 1 aromatic carbocycles. The predicted octanol–water partition coefficient (Wildman–Crippen LogP) is 5.32. The Labute approximate surface area is 126 Å². The third-order valence-corrected chi connectivity index (χ3v) is 4.81. The lowest BCUT2D eigenvalue weighted by molar-refractivity contribution is 0.271. The normalized spacial score (nSPS) is 13.7. The van der Waals surface area contributed by atoms with Crippen LogP contribution in [0.25, 0.3) is 0 Å². The SMILES string of the molecule is CCCNC(c1c(C)c(C)c(C)c(C)c1C)C(C)(C)C. The molecule has 0 fully saturated rings. The standard InChI is InChI=1S/C19H33N/c1-10-11-20-18(19(7,8)9)17-15(5)13(3)12(2)14(4)16(17)6/h18,20H,10-11H2,1-9H3. The molecule has 0 saturated heterocycles. The van der Waals surface area contributed by atoms with Crippen LogP contribution >= 0.6 is 0 Å². The lowest BCUT2D eigenvalue weighted by atomic mass is 9.76. The molecule has 114 valence electrons. The third kappa shape index (κ3) is 3.25. The Morgan fingerprint density at radius 3 is 1.55 bits per heavy atom. The first-order valence-electron chi connectivity index (χ1n) is 7.93. The van der Waals surface area contributed by atoms with Crippen LogP contribution in [0, 0.1) is 40.0 Å². The summed E-state index contributed by atoms with van der Waals surface area (Å²) in [7, 11) is 0. The Morgan fingerprint density at radius 1 is 0.800 bits per heavy atom. The molecule has 0 aliphatic carbocycles. The Hall–Kier alpha value is -0.820. The van der Waals surface area contributed by atoms with Gasteiger partial charge in [0, 0.05) is 6.04 Å². The molecule has 0 aliphatic rings. The number of hydrogen-bond donors (Lipinski definition) is 1. The summed E-state index contributed by atoms with van der Waals surface area (Å²) < 4.78 is 0. The molecular formula is C19H33N. The van der Waals surface area contributed by atoms with Crippen LogP contribution in [0.4, 0.5) is 0 Å². The second-order valence-corrected chi connectivity index (χ2v) is 7.29. The summed E-state index contributed by atoms with van der Waals surface area (Å²) in [5.74, 6) is 0. The van der Waals surface area contributed by atoms with Crippen LogP contribution in [0.15, 0.2) is 0 Å². The molecule has 0 amide bonds. The fourth-order valence-electron chi connectivity index (χ4n) is 3.09. The van der Waals surface area contributed by atoms with Crippen LogP contribution in [-0.2, 0) is 0 Å². The third-order valence-electron chi connectivity index (χ3n) is 4.81. The molecule has 1 unspecified atom stereocenters. The second-order valence-electron chi connectivity index (χ2n) is 7.29. The lowest BCUT2D eigenvalue weighted by Gasteiger charge is -2.36. The van der Waals surface area contributed by atoms with Gasteiger partial charge < -0.3 is 5.32 Å². The minimum absolute atomic E-state index is 0.221. The predicted molar refractivity (Wildman–Crippen MR) is 90.6 cm³/mol. The van der Waals surface area contributed by atoms with Crippen molar-refractivity contribution in [1.29, 1.82) is 0 Å². The Balaban J connectivity index is 3.48. The van der Waals surface area contributed by atoms with Crippen molar-refractivity contribution in [2.24, 2.45) is 5.41 Å². The van der Waals surface area contributed by atoms with Crippen molar-refractivity contribution in [2.45, 2.75) is 74.8 Å². The maximum absolute atomic E-state index is 3.78. The molecule has 0 radical (unpaired) electrons. The van der Waals surface area contributed by atoms with Crippen LogP contribution in [-0.4, -0.2) is 6.54 Å². The van der Waals surface area contributed by atoms with E-state index in [4.69, 9.17) is 0 Å². The monoisotopic (exact) mass is 275 g/mol. The highest BCUT2D eigenvalue weighted by Gasteiger charge is 2.29. The average molecular weight is 275 g/mol.